The monoisotopic (exact) mass is 1850 g/mol. The molecule has 0 aliphatic carbocycles. The van der Waals surface area contributed by atoms with E-state index >= 15 is 0 Å². The topological polar surface area (TPSA) is 893 Å². The zero-order valence-corrected chi connectivity index (χ0v) is 71.8. The molecule has 56 nitrogen and oxygen atoms in total. The van der Waals surface area contributed by atoms with Crippen molar-refractivity contribution >= 4 is 127 Å². The third kappa shape index (κ3) is 37.3. The maximum absolute atomic E-state index is 13.9. The molecule has 0 spiro atoms. The predicted octanol–water partition coefficient (Wildman–Crippen LogP) is -22.6. The maximum atomic E-state index is 13.9. The summed E-state index contributed by atoms with van der Waals surface area (Å²) in [5.74, 6) is -23.1. The summed E-state index contributed by atoms with van der Waals surface area (Å²) in [5.41, 5.74) is 10.5. The van der Waals surface area contributed by atoms with E-state index in [1.165, 1.54) is 0 Å². The quantitative estimate of drug-likeness (QED) is 0.00671. The van der Waals surface area contributed by atoms with E-state index in [2.05, 4.69) is 54.8 Å². The molecule has 0 aromatic rings. The Hall–Kier alpha value is -8.72. The van der Waals surface area contributed by atoms with Crippen LogP contribution in [0.25, 0.3) is 0 Å². The fourth-order valence-electron chi connectivity index (χ4n) is 11.5. The number of carboxylic acid groups (broad SMARTS) is 1. The third-order valence-electron chi connectivity index (χ3n) is 18.1. The summed E-state index contributed by atoms with van der Waals surface area (Å²) in [6.45, 7) is -6.19. The Morgan fingerprint density at radius 3 is 1.55 bits per heavy atom. The van der Waals surface area contributed by atoms with Crippen molar-refractivity contribution in [1.29, 1.82) is 0 Å². The number of hydrogen-bond acceptors (Lipinski definition) is 39. The average molecular weight is 1850 g/mol. The number of carboxylic acids is 1. The maximum Gasteiger partial charge on any atom is 1.00 e. The Morgan fingerprint density at radius 2 is 1.04 bits per heavy atom. The Bertz CT molecular complexity index is 3750. The van der Waals surface area contributed by atoms with Gasteiger partial charge in [0.15, 0.2) is 12.6 Å². The standard InChI is InChI=1S/C66H110N17O39PS.Na/c1-5-12-117-66-53(51(102)48(99)38(23-88)120-66)122-65-52(103)50(101)49(100)39(121-65)24-119-123(115,116)118-13-10-69-55(105)36(25-124)74-44(96)18-72-54(104)32(19-84)77-61(111)37-7-6-11-83(37)64(114)35(22-87)80-60(110)34(21-86)79-62(112)46(26(2)89)81-56(106)29(8-9-40(67)92)75-59(109)33(20-85)78-63(113)47(27(3)90)82-58(108)31(15-45(97)98)76-57(107)30(14-41(68)93)73-43(95)17-71-42(94)16-70-28(4)91;/h26-27,29-39,46-53,65-66,84-90,99-103,124H,5-25H2,1-4H3,(H2,67,92)(H2,68,93)(H,69,105)(H,70,91)(H,71,94)(H,72,104)(H,73,95)(H,74,96)(H,75,109)(H,76,107)(H,77,111)(H,78,113)(H,79,112)(H,80,110)(H,81,106)(H,82,108)(H,97,98)(H,115,116);/q;+1/p-1/t26-,27-,29+,30+,31+,32+,33+,34+,35+,36+,37+,38-,39-,46+,47+,48-,49-,50+,51+,52+,53+,65-,66+;/m1./s1. The first-order valence-electron chi connectivity index (χ1n) is 38.0. The molecule has 125 heavy (non-hydrogen) atoms. The molecule has 3 aliphatic rings. The van der Waals surface area contributed by atoms with E-state index in [0.29, 0.717) is 6.42 Å². The molecule has 0 saturated carbocycles. The number of amides is 16. The van der Waals surface area contributed by atoms with E-state index in [9.17, 15) is 162 Å². The number of likely N-dealkylation sites (tertiary alicyclic amines) is 1. The zero-order chi connectivity index (χ0) is 93.7. The van der Waals surface area contributed by atoms with Gasteiger partial charge in [-0.15, -0.1) is 0 Å². The SMILES string of the molecule is CCCO[C@H]1O[C@H](CO)[C@@H](O)[C@H](O)[C@@H]1O[C@H]1O[C@H](COP(=O)(O)OCCNC(=O)[C@H](CS)NC(=O)CNC(=O)[C@H](CO)NC(=O)[C@@H]2CCCN2C(=O)[C@H](CO)NC(=O)[C@H](CO)NC(=O)[C@@H](NC(=O)[C@H](CCC(N)=O)NC(=O)[C@H](CO)NC(=O)[C@@H](NC(=O)[C@H](CC(=O)O)NC(=O)[C@H](CC(N)=O)NC(=O)CNC(=O)CN=C(C)[O-])[C@@H](C)O)[C@@H](C)O)[C@@H](O)[C@H](O)[C@@H]1O.[Na+]. The van der Waals surface area contributed by atoms with Gasteiger partial charge in [-0.25, -0.2) is 4.57 Å². The molecule has 3 rings (SSSR count). The van der Waals surface area contributed by atoms with Crippen LogP contribution in [0.1, 0.15) is 72.6 Å². The molecular formula is C66H109N17NaO39PS. The first-order valence-corrected chi connectivity index (χ1v) is 40.1. The van der Waals surface area contributed by atoms with Gasteiger partial charge in [0.2, 0.25) is 94.5 Å². The van der Waals surface area contributed by atoms with Crippen LogP contribution in [0, 0.1) is 0 Å². The molecule has 0 bridgehead atoms. The van der Waals surface area contributed by atoms with Crippen LogP contribution in [0.5, 0.6) is 0 Å². The largest absolute Gasteiger partial charge is 1.00 e. The number of rotatable bonds is 54. The average Bonchev–Trinajstić information content (AvgIpc) is 1.30. The molecule has 3 fully saturated rings. The Kier molecular flexibility index (Phi) is 50.1. The van der Waals surface area contributed by atoms with Gasteiger partial charge >= 0.3 is 43.3 Å². The molecule has 0 aromatic heterocycles. The molecular weight excluding hydrogens is 1740 g/mol. The van der Waals surface area contributed by atoms with Crippen LogP contribution >= 0.6 is 20.5 Å². The van der Waals surface area contributed by atoms with Gasteiger partial charge in [-0.2, -0.15) is 12.6 Å². The molecule has 704 valence electrons. The second-order valence-corrected chi connectivity index (χ2v) is 29.7. The van der Waals surface area contributed by atoms with Crippen LogP contribution in [0.2, 0.25) is 0 Å². The van der Waals surface area contributed by atoms with Gasteiger partial charge in [-0.05, 0) is 52.4 Å². The normalized spacial score (nSPS) is 23.3. The number of phosphoric ester groups is 1. The number of hydrogen-bond donors (Lipinski definition) is 30. The third-order valence-corrected chi connectivity index (χ3v) is 19.4. The fourth-order valence-corrected chi connectivity index (χ4v) is 12.5. The smallest absolute Gasteiger partial charge is 0.862 e. The summed E-state index contributed by atoms with van der Waals surface area (Å²) < 4.78 is 44.7. The first-order chi connectivity index (χ1) is 58.2. The minimum Gasteiger partial charge on any atom is -0.862 e. The summed E-state index contributed by atoms with van der Waals surface area (Å²) in [7, 11) is -5.10. The van der Waals surface area contributed by atoms with E-state index in [-0.39, 0.29) is 55.6 Å². The van der Waals surface area contributed by atoms with E-state index < -0.39 is 358 Å². The second kappa shape index (κ2) is 55.8. The minimum atomic E-state index is -5.10. The van der Waals surface area contributed by atoms with Crippen molar-refractivity contribution in [2.24, 2.45) is 16.5 Å². The Labute approximate surface area is 737 Å². The fraction of sp³-hybridized carbons (Fsp3) is 0.727. The van der Waals surface area contributed by atoms with Crippen molar-refractivity contribution in [3.05, 3.63) is 0 Å². The molecule has 0 radical (unpaired) electrons. The van der Waals surface area contributed by atoms with Crippen LogP contribution in [0.15, 0.2) is 4.99 Å². The van der Waals surface area contributed by atoms with Crippen LogP contribution in [0.3, 0.4) is 0 Å². The number of thiol groups is 1. The van der Waals surface area contributed by atoms with Crippen molar-refractivity contribution in [3.63, 3.8) is 0 Å². The number of phosphoric acid groups is 1. The number of aliphatic imine (C=N–C) groups is 1. The van der Waals surface area contributed by atoms with Gasteiger partial charge in [-0.3, -0.25) is 95.5 Å². The first kappa shape index (κ1) is 112. The number of carbonyl (C=O) groups is 17. The molecule has 3 heterocycles. The minimum absolute atomic E-state index is 0. The predicted molar refractivity (Wildman–Crippen MR) is 408 cm³/mol. The Morgan fingerprint density at radius 1 is 0.560 bits per heavy atom. The van der Waals surface area contributed by atoms with Crippen LogP contribution < -0.4 is 115 Å². The number of nitrogens with two attached hydrogens (primary N) is 2. The number of nitrogens with one attached hydrogen (secondary N) is 13. The van der Waals surface area contributed by atoms with Crippen LogP contribution in [0.4, 0.5) is 0 Å². The van der Waals surface area contributed by atoms with E-state index in [4.69, 9.17) is 39.5 Å². The molecule has 1 unspecified atom stereocenters. The summed E-state index contributed by atoms with van der Waals surface area (Å²) in [4.78, 5) is 237. The molecule has 31 N–H and O–H groups in total. The van der Waals surface area contributed by atoms with Crippen LogP contribution in [-0.4, -0.2) is 414 Å². The van der Waals surface area contributed by atoms with Crippen molar-refractivity contribution in [2.45, 2.75) is 213 Å². The summed E-state index contributed by atoms with van der Waals surface area (Å²) in [6, 6.07) is -21.6. The number of carbonyl (C=O) groups excluding carboxylic acids is 16. The molecule has 3 aliphatic heterocycles. The molecule has 24 atom stereocenters. The van der Waals surface area contributed by atoms with Gasteiger partial charge < -0.3 is 181 Å². The molecule has 0 aromatic carbocycles. The molecule has 3 saturated heterocycles. The number of aliphatic hydroxyl groups is 12. The number of ether oxygens (including phenoxy) is 4. The molecule has 16 amide bonds. The van der Waals surface area contributed by atoms with E-state index in [1.807, 2.05) is 31.9 Å². The van der Waals surface area contributed by atoms with Crippen molar-refractivity contribution in [1.82, 2.24) is 74.0 Å². The van der Waals surface area contributed by atoms with Gasteiger partial charge in [0, 0.05) is 31.9 Å². The number of aliphatic carboxylic acids is 1. The summed E-state index contributed by atoms with van der Waals surface area (Å²) in [6.07, 6.45) is -25.0. The van der Waals surface area contributed by atoms with Gasteiger partial charge in [0.1, 0.15) is 122 Å². The molecule has 59 heteroatoms. The van der Waals surface area contributed by atoms with Gasteiger partial charge in [0.25, 0.3) is 0 Å². The van der Waals surface area contributed by atoms with Crippen LogP contribution in [-0.2, 0) is 114 Å². The van der Waals surface area contributed by atoms with Crippen molar-refractivity contribution in [3.8, 4) is 0 Å². The number of nitrogens with zero attached hydrogens (tertiary/aromatic N) is 2. The van der Waals surface area contributed by atoms with E-state index in [0.717, 1.165) is 25.7 Å². The van der Waals surface area contributed by atoms with Crippen molar-refractivity contribution < 1.29 is 220 Å². The van der Waals surface area contributed by atoms with Gasteiger partial charge in [-0.1, -0.05) is 6.92 Å². The summed E-state index contributed by atoms with van der Waals surface area (Å²) >= 11 is 4.03. The van der Waals surface area contributed by atoms with Crippen molar-refractivity contribution in [2.75, 3.05) is 91.3 Å². The Balaban J connectivity index is 0.0000529. The number of aliphatic hydroxyl groups excluding tert-OH is 12. The van der Waals surface area contributed by atoms with E-state index in [1.54, 1.807) is 6.92 Å². The number of primary amides is 2. The summed E-state index contributed by atoms with van der Waals surface area (Å²) in [5, 5.41) is 172. The zero-order valence-electron chi connectivity index (χ0n) is 68.0. The van der Waals surface area contributed by atoms with Gasteiger partial charge in [0.05, 0.1) is 84.4 Å². The second-order valence-electron chi connectivity index (χ2n) is 27.8.